The van der Waals surface area contributed by atoms with E-state index in [0.717, 1.165) is 22.2 Å². The van der Waals surface area contributed by atoms with Gasteiger partial charge in [0.15, 0.2) is 0 Å². The second-order valence-corrected chi connectivity index (χ2v) is 7.65. The molecular formula is C17H10BrClN2O4S. The number of nitro benzene ring substituents is 1. The number of thioether (sulfide) groups is 1. The van der Waals surface area contributed by atoms with Gasteiger partial charge in [0.25, 0.3) is 16.8 Å². The fraction of sp³-hybridized carbons (Fsp3) is 0.0588. The second-order valence-electron chi connectivity index (χ2n) is 5.36. The van der Waals surface area contributed by atoms with Crippen LogP contribution in [0.15, 0.2) is 51.8 Å². The maximum Gasteiger partial charge on any atom is 0.293 e. The van der Waals surface area contributed by atoms with Crippen LogP contribution in [0.4, 0.5) is 10.5 Å². The summed E-state index contributed by atoms with van der Waals surface area (Å²) >= 11 is 9.75. The minimum atomic E-state index is -0.520. The van der Waals surface area contributed by atoms with E-state index in [1.165, 1.54) is 18.2 Å². The number of nitro groups is 1. The molecule has 2 aromatic carbocycles. The van der Waals surface area contributed by atoms with Gasteiger partial charge in [-0.2, -0.15) is 0 Å². The van der Waals surface area contributed by atoms with Crippen LogP contribution in [-0.4, -0.2) is 21.0 Å². The second kappa shape index (κ2) is 7.61. The zero-order chi connectivity index (χ0) is 18.8. The predicted molar refractivity (Wildman–Crippen MR) is 104 cm³/mol. The van der Waals surface area contributed by atoms with Gasteiger partial charge in [-0.1, -0.05) is 29.8 Å². The summed E-state index contributed by atoms with van der Waals surface area (Å²) in [6.07, 6.45) is 1.48. The highest BCUT2D eigenvalue weighted by Gasteiger charge is 2.35. The predicted octanol–water partition coefficient (Wildman–Crippen LogP) is 5.25. The van der Waals surface area contributed by atoms with Gasteiger partial charge in [-0.15, -0.1) is 0 Å². The first kappa shape index (κ1) is 18.6. The minimum Gasteiger partial charge on any atom is -0.268 e. The average molecular weight is 454 g/mol. The van der Waals surface area contributed by atoms with Crippen LogP contribution in [0.2, 0.25) is 5.02 Å². The van der Waals surface area contributed by atoms with E-state index >= 15 is 0 Å². The molecule has 0 spiro atoms. The van der Waals surface area contributed by atoms with E-state index in [2.05, 4.69) is 15.9 Å². The molecule has 0 aliphatic carbocycles. The summed E-state index contributed by atoms with van der Waals surface area (Å²) < 4.78 is 0.343. The number of benzene rings is 2. The highest BCUT2D eigenvalue weighted by atomic mass is 79.9. The maximum atomic E-state index is 12.5. The summed E-state index contributed by atoms with van der Waals surface area (Å²) in [4.78, 5) is 36.5. The van der Waals surface area contributed by atoms with Crippen LogP contribution in [0, 0.1) is 10.1 Å². The smallest absolute Gasteiger partial charge is 0.268 e. The third-order valence-corrected chi connectivity index (χ3v) is 5.42. The highest BCUT2D eigenvalue weighted by molar-refractivity contribution is 9.10. The quantitative estimate of drug-likeness (QED) is 0.359. The molecule has 1 fully saturated rings. The molecule has 0 radical (unpaired) electrons. The Balaban J connectivity index is 1.84. The van der Waals surface area contributed by atoms with Crippen LogP contribution in [0.25, 0.3) is 6.08 Å². The van der Waals surface area contributed by atoms with Gasteiger partial charge in [0.05, 0.1) is 20.8 Å². The third-order valence-electron chi connectivity index (χ3n) is 3.59. The molecule has 1 saturated heterocycles. The summed E-state index contributed by atoms with van der Waals surface area (Å²) in [7, 11) is 0. The fourth-order valence-corrected chi connectivity index (χ4v) is 3.68. The highest BCUT2D eigenvalue weighted by Crippen LogP contribution is 2.34. The summed E-state index contributed by atoms with van der Waals surface area (Å²) in [5.74, 6) is -0.430. The summed E-state index contributed by atoms with van der Waals surface area (Å²) in [6.45, 7) is 0.139. The molecule has 2 aromatic rings. The van der Waals surface area contributed by atoms with E-state index in [0.29, 0.717) is 15.1 Å². The van der Waals surface area contributed by atoms with Gasteiger partial charge < -0.3 is 0 Å². The Kier molecular flexibility index (Phi) is 5.45. The molecule has 0 unspecified atom stereocenters. The Morgan fingerprint density at radius 3 is 2.54 bits per heavy atom. The van der Waals surface area contributed by atoms with E-state index in [-0.39, 0.29) is 22.4 Å². The molecule has 1 aliphatic rings. The number of rotatable bonds is 4. The van der Waals surface area contributed by atoms with Gasteiger partial charge in [-0.05, 0) is 63.1 Å². The van der Waals surface area contributed by atoms with Crippen molar-refractivity contribution in [2.75, 3.05) is 0 Å². The maximum absolute atomic E-state index is 12.5. The standard InChI is InChI=1S/C17H10BrClN2O4S/c18-13-6-3-11(7-14(13)21(24)25)8-15-16(22)20(17(23)26-15)9-10-1-4-12(19)5-2-10/h1-8H,9H2/b15-8-. The molecule has 0 bridgehead atoms. The number of carbonyl (C=O) groups is 2. The average Bonchev–Trinajstić information content (AvgIpc) is 2.85. The molecule has 0 aromatic heterocycles. The number of carbonyl (C=O) groups excluding carboxylic acids is 2. The first-order valence-electron chi connectivity index (χ1n) is 7.29. The first-order chi connectivity index (χ1) is 12.3. The molecule has 0 atom stereocenters. The van der Waals surface area contributed by atoms with Gasteiger partial charge in [0, 0.05) is 11.1 Å². The van der Waals surface area contributed by atoms with Crippen molar-refractivity contribution in [1.29, 1.82) is 0 Å². The topological polar surface area (TPSA) is 80.5 Å². The van der Waals surface area contributed by atoms with Gasteiger partial charge in [0.2, 0.25) is 0 Å². The number of hydrogen-bond acceptors (Lipinski definition) is 5. The molecule has 3 rings (SSSR count). The lowest BCUT2D eigenvalue weighted by molar-refractivity contribution is -0.385. The van der Waals surface area contributed by atoms with E-state index in [9.17, 15) is 19.7 Å². The Morgan fingerprint density at radius 2 is 1.88 bits per heavy atom. The summed E-state index contributed by atoms with van der Waals surface area (Å²) in [6, 6.07) is 11.4. The van der Waals surface area contributed by atoms with Crippen molar-refractivity contribution < 1.29 is 14.5 Å². The van der Waals surface area contributed by atoms with Crippen molar-refractivity contribution in [3.8, 4) is 0 Å². The molecule has 1 aliphatic heterocycles. The molecular weight excluding hydrogens is 444 g/mol. The number of halogens is 2. The molecule has 0 N–H and O–H groups in total. The van der Waals surface area contributed by atoms with E-state index < -0.39 is 10.8 Å². The molecule has 0 saturated carbocycles. The third kappa shape index (κ3) is 3.98. The fourth-order valence-electron chi connectivity index (χ4n) is 2.32. The Bertz CT molecular complexity index is 946. The zero-order valence-electron chi connectivity index (χ0n) is 13.0. The van der Waals surface area contributed by atoms with Crippen molar-refractivity contribution in [1.82, 2.24) is 4.90 Å². The molecule has 9 heteroatoms. The van der Waals surface area contributed by atoms with Crippen LogP contribution in [-0.2, 0) is 11.3 Å². The van der Waals surface area contributed by atoms with Crippen molar-refractivity contribution >= 4 is 62.2 Å². The minimum absolute atomic E-state index is 0.112. The summed E-state index contributed by atoms with van der Waals surface area (Å²) in [5, 5.41) is 11.2. The molecule has 1 heterocycles. The summed E-state index contributed by atoms with van der Waals surface area (Å²) in [5.41, 5.74) is 1.13. The molecule has 2 amide bonds. The lowest BCUT2D eigenvalue weighted by Crippen LogP contribution is -2.27. The van der Waals surface area contributed by atoms with Crippen molar-refractivity contribution in [2.45, 2.75) is 6.54 Å². The Hall–Kier alpha value is -2.16. The Labute approximate surface area is 166 Å². The lowest BCUT2D eigenvalue weighted by Gasteiger charge is -2.12. The van der Waals surface area contributed by atoms with Crippen molar-refractivity contribution in [3.05, 3.63) is 78.1 Å². The SMILES string of the molecule is O=C1S/C(=C\c2ccc(Br)c([N+](=O)[O-])c2)C(=O)N1Cc1ccc(Cl)cc1. The molecule has 26 heavy (non-hydrogen) atoms. The van der Waals surface area contributed by atoms with Crippen LogP contribution >= 0.6 is 39.3 Å². The Morgan fingerprint density at radius 1 is 1.19 bits per heavy atom. The van der Waals surface area contributed by atoms with Crippen LogP contribution in [0.3, 0.4) is 0 Å². The number of imide groups is 1. The van der Waals surface area contributed by atoms with Gasteiger partial charge in [0.1, 0.15) is 0 Å². The number of nitrogens with zero attached hydrogens (tertiary/aromatic N) is 2. The monoisotopic (exact) mass is 452 g/mol. The largest absolute Gasteiger partial charge is 0.293 e. The van der Waals surface area contributed by atoms with E-state index in [1.807, 2.05) is 0 Å². The van der Waals surface area contributed by atoms with Gasteiger partial charge >= 0.3 is 0 Å². The van der Waals surface area contributed by atoms with Crippen LogP contribution < -0.4 is 0 Å². The lowest BCUT2D eigenvalue weighted by atomic mass is 10.2. The van der Waals surface area contributed by atoms with Gasteiger partial charge in [-0.25, -0.2) is 0 Å². The van der Waals surface area contributed by atoms with Crippen LogP contribution in [0.5, 0.6) is 0 Å². The van der Waals surface area contributed by atoms with Crippen molar-refractivity contribution in [3.63, 3.8) is 0 Å². The normalized spacial score (nSPS) is 15.8. The van der Waals surface area contributed by atoms with Gasteiger partial charge in [-0.3, -0.25) is 24.6 Å². The number of amides is 2. The van der Waals surface area contributed by atoms with Crippen LogP contribution in [0.1, 0.15) is 11.1 Å². The number of hydrogen-bond donors (Lipinski definition) is 0. The zero-order valence-corrected chi connectivity index (χ0v) is 16.2. The van der Waals surface area contributed by atoms with E-state index in [1.54, 1.807) is 30.3 Å². The molecule has 6 nitrogen and oxygen atoms in total. The first-order valence-corrected chi connectivity index (χ1v) is 9.27. The van der Waals surface area contributed by atoms with Crippen molar-refractivity contribution in [2.24, 2.45) is 0 Å². The van der Waals surface area contributed by atoms with E-state index in [4.69, 9.17) is 11.6 Å². The molecule has 132 valence electrons.